The molecule has 0 aromatic rings. The molecule has 4 nitrogen and oxygen atoms in total. The number of hydrogen-bond donors (Lipinski definition) is 0. The molecule has 0 spiro atoms. The van der Waals surface area contributed by atoms with Gasteiger partial charge in [-0.2, -0.15) is 0 Å². The molecule has 0 saturated carbocycles. The molecule has 0 aromatic carbocycles. The lowest BCUT2D eigenvalue weighted by Gasteiger charge is -2.20. The van der Waals surface area contributed by atoms with Gasteiger partial charge in [0.25, 0.3) is 0 Å². The van der Waals surface area contributed by atoms with Crippen molar-refractivity contribution >= 4 is 11.8 Å². The highest BCUT2D eigenvalue weighted by Crippen LogP contribution is 2.11. The zero-order valence-corrected chi connectivity index (χ0v) is 10.2. The van der Waals surface area contributed by atoms with Gasteiger partial charge in [-0.05, 0) is 27.7 Å². The van der Waals surface area contributed by atoms with Crippen LogP contribution in [0.1, 0.15) is 27.7 Å². The summed E-state index contributed by atoms with van der Waals surface area (Å²) in [7, 11) is 3.49. The molecule has 0 N–H and O–H groups in total. The fourth-order valence-electron chi connectivity index (χ4n) is 0.879. The van der Waals surface area contributed by atoms with E-state index in [1.54, 1.807) is 39.8 Å². The number of nitrogens with zero attached hydrogens (tertiary/aromatic N) is 1. The van der Waals surface area contributed by atoms with Crippen molar-refractivity contribution in [2.24, 2.45) is 0 Å². The molecule has 0 heterocycles. The van der Waals surface area contributed by atoms with Gasteiger partial charge in [0.05, 0.1) is 0 Å². The molecule has 0 amide bonds. The molecule has 86 valence electrons. The SMILES string of the molecule is CC(=O)/C(=C/N(C)C)C(=O)OC(C)(C)C. The van der Waals surface area contributed by atoms with Crippen molar-refractivity contribution in [1.82, 2.24) is 4.90 Å². The minimum atomic E-state index is -0.585. The van der Waals surface area contributed by atoms with Crippen molar-refractivity contribution in [3.63, 3.8) is 0 Å². The number of hydrogen-bond acceptors (Lipinski definition) is 4. The summed E-state index contributed by atoms with van der Waals surface area (Å²) in [4.78, 5) is 24.4. The Bertz CT molecular complexity index is 285. The molecule has 15 heavy (non-hydrogen) atoms. The summed E-state index contributed by atoms with van der Waals surface area (Å²) in [5.74, 6) is -0.873. The first-order valence-electron chi connectivity index (χ1n) is 4.76. The zero-order chi connectivity index (χ0) is 12.2. The lowest BCUT2D eigenvalue weighted by Crippen LogP contribution is -2.27. The van der Waals surface area contributed by atoms with Gasteiger partial charge < -0.3 is 9.64 Å². The molecular weight excluding hydrogens is 194 g/mol. The summed E-state index contributed by atoms with van der Waals surface area (Å²) < 4.78 is 5.11. The van der Waals surface area contributed by atoms with Crippen molar-refractivity contribution in [2.75, 3.05) is 14.1 Å². The molecule has 0 bridgehead atoms. The van der Waals surface area contributed by atoms with Crippen molar-refractivity contribution in [2.45, 2.75) is 33.3 Å². The monoisotopic (exact) mass is 213 g/mol. The molecule has 0 atom stereocenters. The maximum absolute atomic E-state index is 11.6. The molecule has 0 unspecified atom stereocenters. The number of carbonyl (C=O) groups is 2. The van der Waals surface area contributed by atoms with Crippen LogP contribution in [0.3, 0.4) is 0 Å². The van der Waals surface area contributed by atoms with Crippen LogP contribution in [0.15, 0.2) is 11.8 Å². The minimum Gasteiger partial charge on any atom is -0.456 e. The van der Waals surface area contributed by atoms with Gasteiger partial charge in [0.1, 0.15) is 11.2 Å². The number of carbonyl (C=O) groups excluding carboxylic acids is 2. The predicted molar refractivity (Wildman–Crippen MR) is 58.3 cm³/mol. The number of ether oxygens (including phenoxy) is 1. The Balaban J connectivity index is 4.82. The largest absolute Gasteiger partial charge is 0.456 e. The summed E-state index contributed by atoms with van der Waals surface area (Å²) in [6, 6.07) is 0. The lowest BCUT2D eigenvalue weighted by atomic mass is 10.1. The van der Waals surface area contributed by atoms with Crippen LogP contribution in [0, 0.1) is 0 Å². The molecule has 4 heteroatoms. The number of rotatable bonds is 3. The molecule has 0 radical (unpaired) electrons. The Morgan fingerprint density at radius 1 is 1.20 bits per heavy atom. The van der Waals surface area contributed by atoms with Crippen LogP contribution in [0.4, 0.5) is 0 Å². The van der Waals surface area contributed by atoms with Crippen molar-refractivity contribution in [3.05, 3.63) is 11.8 Å². The molecule has 0 aliphatic rings. The van der Waals surface area contributed by atoms with Crippen LogP contribution in [0.5, 0.6) is 0 Å². The van der Waals surface area contributed by atoms with Crippen molar-refractivity contribution < 1.29 is 14.3 Å². The van der Waals surface area contributed by atoms with E-state index in [4.69, 9.17) is 4.74 Å². The van der Waals surface area contributed by atoms with Crippen molar-refractivity contribution in [3.8, 4) is 0 Å². The van der Waals surface area contributed by atoms with Gasteiger partial charge in [0, 0.05) is 20.3 Å². The molecule has 0 aliphatic heterocycles. The third kappa shape index (κ3) is 5.88. The number of ketones is 1. The van der Waals surface area contributed by atoms with Gasteiger partial charge in [0.15, 0.2) is 5.78 Å². The predicted octanol–water partition coefficient (Wildman–Crippen LogP) is 1.36. The lowest BCUT2D eigenvalue weighted by molar-refractivity contribution is -0.150. The van der Waals surface area contributed by atoms with Gasteiger partial charge in [-0.25, -0.2) is 4.79 Å². The maximum atomic E-state index is 11.6. The Kier molecular flexibility index (Phi) is 4.52. The molecule has 0 aliphatic carbocycles. The first-order valence-corrected chi connectivity index (χ1v) is 4.76. The maximum Gasteiger partial charge on any atom is 0.343 e. The van der Waals surface area contributed by atoms with E-state index in [1.165, 1.54) is 13.1 Å². The molecule has 0 rings (SSSR count). The minimum absolute atomic E-state index is 0.0647. The van der Waals surface area contributed by atoms with E-state index < -0.39 is 11.6 Å². The molecule has 0 aromatic heterocycles. The van der Waals surface area contributed by atoms with E-state index in [2.05, 4.69) is 0 Å². The van der Waals surface area contributed by atoms with Gasteiger partial charge in [-0.15, -0.1) is 0 Å². The summed E-state index contributed by atoms with van der Waals surface area (Å²) >= 11 is 0. The van der Waals surface area contributed by atoms with E-state index in [9.17, 15) is 9.59 Å². The van der Waals surface area contributed by atoms with Crippen LogP contribution in [-0.2, 0) is 14.3 Å². The highest BCUT2D eigenvalue weighted by Gasteiger charge is 2.22. The second kappa shape index (κ2) is 4.96. The Morgan fingerprint density at radius 3 is 1.93 bits per heavy atom. The number of esters is 1. The van der Waals surface area contributed by atoms with E-state index in [0.717, 1.165) is 0 Å². The van der Waals surface area contributed by atoms with Gasteiger partial charge in [-0.3, -0.25) is 4.79 Å². The normalized spacial score (nSPS) is 12.3. The topological polar surface area (TPSA) is 46.6 Å². The Labute approximate surface area is 90.9 Å². The van der Waals surface area contributed by atoms with Crippen LogP contribution >= 0.6 is 0 Å². The summed E-state index contributed by atoms with van der Waals surface area (Å²) in [5, 5.41) is 0. The van der Waals surface area contributed by atoms with Crippen molar-refractivity contribution in [1.29, 1.82) is 0 Å². The standard InChI is InChI=1S/C11H19NO3/c1-8(13)9(7-12(5)6)10(14)15-11(2,3)4/h7H,1-6H3/b9-7-. The van der Waals surface area contributed by atoms with E-state index in [1.807, 2.05) is 0 Å². The highest BCUT2D eigenvalue weighted by molar-refractivity contribution is 6.16. The van der Waals surface area contributed by atoms with Crippen LogP contribution in [0.2, 0.25) is 0 Å². The summed E-state index contributed by atoms with van der Waals surface area (Å²) in [6.07, 6.45) is 1.47. The summed E-state index contributed by atoms with van der Waals surface area (Å²) in [5.41, 5.74) is -0.521. The average molecular weight is 213 g/mol. The van der Waals surface area contributed by atoms with Gasteiger partial charge in [0.2, 0.25) is 0 Å². The van der Waals surface area contributed by atoms with Gasteiger partial charge >= 0.3 is 5.97 Å². The number of Topliss-reactive ketones (excluding diaryl/α,β-unsaturated/α-hetero) is 1. The van der Waals surface area contributed by atoms with Crippen LogP contribution in [0.25, 0.3) is 0 Å². The molecular formula is C11H19NO3. The third-order valence-corrected chi connectivity index (χ3v) is 1.39. The van der Waals surface area contributed by atoms with Gasteiger partial charge in [-0.1, -0.05) is 0 Å². The van der Waals surface area contributed by atoms with Crippen LogP contribution < -0.4 is 0 Å². The first-order chi connectivity index (χ1) is 6.63. The smallest absolute Gasteiger partial charge is 0.343 e. The fraction of sp³-hybridized carbons (Fsp3) is 0.636. The molecule has 0 saturated heterocycles. The molecule has 0 fully saturated rings. The summed E-state index contributed by atoms with van der Waals surface area (Å²) in [6.45, 7) is 6.63. The van der Waals surface area contributed by atoms with E-state index in [0.29, 0.717) is 0 Å². The van der Waals surface area contributed by atoms with E-state index >= 15 is 0 Å². The second-order valence-corrected chi connectivity index (χ2v) is 4.56. The second-order valence-electron chi connectivity index (χ2n) is 4.56. The van der Waals surface area contributed by atoms with E-state index in [-0.39, 0.29) is 11.4 Å². The highest BCUT2D eigenvalue weighted by atomic mass is 16.6. The zero-order valence-electron chi connectivity index (χ0n) is 10.2. The third-order valence-electron chi connectivity index (χ3n) is 1.39. The first kappa shape index (κ1) is 13.7. The van der Waals surface area contributed by atoms with Crippen LogP contribution in [-0.4, -0.2) is 36.3 Å². The fourth-order valence-corrected chi connectivity index (χ4v) is 0.879. The quantitative estimate of drug-likeness (QED) is 0.307. The average Bonchev–Trinajstić information content (AvgIpc) is 1.95. The Hall–Kier alpha value is -1.32. The Morgan fingerprint density at radius 2 is 1.67 bits per heavy atom.